The number of carboxylic acid groups (broad SMARTS) is 1. The Morgan fingerprint density at radius 2 is 2.20 bits per heavy atom. The Morgan fingerprint density at radius 1 is 1.50 bits per heavy atom. The number of carboxylic acids is 1. The number of benzene rings is 1. The van der Waals surface area contributed by atoms with Gasteiger partial charge >= 0.3 is 12.0 Å². The van der Waals surface area contributed by atoms with Crippen LogP contribution >= 0.6 is 0 Å². The van der Waals surface area contributed by atoms with Gasteiger partial charge in [0.05, 0.1) is 18.1 Å². The van der Waals surface area contributed by atoms with Gasteiger partial charge in [-0.2, -0.15) is 5.26 Å². The fraction of sp³-hybridized carbons (Fsp3) is 0.357. The zero-order valence-corrected chi connectivity index (χ0v) is 11.5. The van der Waals surface area contributed by atoms with Gasteiger partial charge in [0.25, 0.3) is 0 Å². The summed E-state index contributed by atoms with van der Waals surface area (Å²) in [5.74, 6) is -0.953. The average Bonchev–Trinajstić information content (AvgIpc) is 2.45. The van der Waals surface area contributed by atoms with Crippen LogP contribution in [-0.2, 0) is 4.79 Å². The molecule has 0 saturated carbocycles. The van der Waals surface area contributed by atoms with E-state index >= 15 is 0 Å². The third-order valence-corrected chi connectivity index (χ3v) is 2.91. The van der Waals surface area contributed by atoms with Crippen molar-refractivity contribution >= 4 is 17.7 Å². The summed E-state index contributed by atoms with van der Waals surface area (Å²) >= 11 is 0. The smallest absolute Gasteiger partial charge is 0.321 e. The summed E-state index contributed by atoms with van der Waals surface area (Å²) in [6.45, 7) is 1.81. The van der Waals surface area contributed by atoms with Gasteiger partial charge in [0.2, 0.25) is 0 Å². The highest BCUT2D eigenvalue weighted by atomic mass is 16.4. The number of amides is 2. The number of carbonyl (C=O) groups excluding carboxylic acids is 1. The SMILES string of the molecule is CCC(CC(=O)O)NC(=O)N(C)c1cccc(C#N)c1. The third-order valence-electron chi connectivity index (χ3n) is 2.91. The predicted octanol–water partition coefficient (Wildman–Crippen LogP) is 1.96. The molecule has 1 rings (SSSR count). The van der Waals surface area contributed by atoms with Gasteiger partial charge in [-0.25, -0.2) is 4.79 Å². The van der Waals surface area contributed by atoms with Gasteiger partial charge in [-0.3, -0.25) is 9.69 Å². The van der Waals surface area contributed by atoms with Gasteiger partial charge in [-0.05, 0) is 24.6 Å². The van der Waals surface area contributed by atoms with Crippen LogP contribution in [0.3, 0.4) is 0 Å². The van der Waals surface area contributed by atoms with Crippen LogP contribution in [0.15, 0.2) is 24.3 Å². The van der Waals surface area contributed by atoms with Crippen LogP contribution in [0, 0.1) is 11.3 Å². The minimum Gasteiger partial charge on any atom is -0.481 e. The molecule has 1 atom stereocenters. The lowest BCUT2D eigenvalue weighted by molar-refractivity contribution is -0.137. The first-order valence-corrected chi connectivity index (χ1v) is 6.24. The minimum absolute atomic E-state index is 0.117. The molecule has 6 nitrogen and oxygen atoms in total. The molecule has 0 aliphatic carbocycles. The number of nitriles is 1. The summed E-state index contributed by atoms with van der Waals surface area (Å²) in [5, 5.41) is 20.2. The first-order chi connectivity index (χ1) is 9.47. The highest BCUT2D eigenvalue weighted by Crippen LogP contribution is 2.14. The Labute approximate surface area is 117 Å². The van der Waals surface area contributed by atoms with Crippen LogP contribution in [0.1, 0.15) is 25.3 Å². The fourth-order valence-electron chi connectivity index (χ4n) is 1.68. The quantitative estimate of drug-likeness (QED) is 0.858. The number of urea groups is 1. The Balaban J connectivity index is 2.75. The standard InChI is InChI=1S/C14H17N3O3/c1-3-11(8-13(18)19)16-14(20)17(2)12-6-4-5-10(7-12)9-15/h4-7,11H,3,8H2,1-2H3,(H,16,20)(H,18,19). The van der Waals surface area contributed by atoms with E-state index in [0.717, 1.165) is 0 Å². The first-order valence-electron chi connectivity index (χ1n) is 6.24. The lowest BCUT2D eigenvalue weighted by atomic mass is 10.1. The largest absolute Gasteiger partial charge is 0.481 e. The van der Waals surface area contributed by atoms with Crippen molar-refractivity contribution in [2.45, 2.75) is 25.8 Å². The second kappa shape index (κ2) is 7.14. The molecule has 1 unspecified atom stereocenters. The van der Waals surface area contributed by atoms with Gasteiger partial charge in [0.15, 0.2) is 0 Å². The van der Waals surface area contributed by atoms with Crippen molar-refractivity contribution in [1.29, 1.82) is 5.26 Å². The fourth-order valence-corrected chi connectivity index (χ4v) is 1.68. The van der Waals surface area contributed by atoms with E-state index in [2.05, 4.69) is 5.32 Å². The predicted molar refractivity (Wildman–Crippen MR) is 74.4 cm³/mol. The molecule has 106 valence electrons. The Morgan fingerprint density at radius 3 is 2.75 bits per heavy atom. The highest BCUT2D eigenvalue weighted by molar-refractivity contribution is 5.92. The number of hydrogen-bond acceptors (Lipinski definition) is 3. The van der Waals surface area contributed by atoms with E-state index in [1.165, 1.54) is 4.90 Å². The van der Waals surface area contributed by atoms with Crippen LogP contribution < -0.4 is 10.2 Å². The average molecular weight is 275 g/mol. The number of carbonyl (C=O) groups is 2. The maximum absolute atomic E-state index is 12.0. The van der Waals surface area contributed by atoms with E-state index in [4.69, 9.17) is 10.4 Å². The molecule has 6 heteroatoms. The molecule has 1 aromatic carbocycles. The number of nitrogens with one attached hydrogen (secondary N) is 1. The lowest BCUT2D eigenvalue weighted by Crippen LogP contribution is -2.43. The van der Waals surface area contributed by atoms with Gasteiger partial charge in [0.1, 0.15) is 0 Å². The van der Waals surface area contributed by atoms with Crippen molar-refractivity contribution in [1.82, 2.24) is 5.32 Å². The van der Waals surface area contributed by atoms with Gasteiger partial charge in [-0.1, -0.05) is 13.0 Å². The maximum Gasteiger partial charge on any atom is 0.321 e. The molecule has 1 aromatic rings. The molecule has 0 heterocycles. The summed E-state index contributed by atoms with van der Waals surface area (Å²) in [6, 6.07) is 7.83. The summed E-state index contributed by atoms with van der Waals surface area (Å²) in [4.78, 5) is 24.1. The second-order valence-electron chi connectivity index (χ2n) is 4.37. The topological polar surface area (TPSA) is 93.4 Å². The molecule has 0 aromatic heterocycles. The summed E-state index contributed by atoms with van der Waals surface area (Å²) in [5.41, 5.74) is 1.03. The number of anilines is 1. The zero-order chi connectivity index (χ0) is 15.1. The van der Waals surface area contributed by atoms with Crippen LogP contribution in [0.25, 0.3) is 0 Å². The van der Waals surface area contributed by atoms with Crippen molar-refractivity contribution in [2.75, 3.05) is 11.9 Å². The highest BCUT2D eigenvalue weighted by Gasteiger charge is 2.17. The molecule has 0 saturated heterocycles. The van der Waals surface area contributed by atoms with Crippen molar-refractivity contribution < 1.29 is 14.7 Å². The number of aliphatic carboxylic acids is 1. The van der Waals surface area contributed by atoms with E-state index in [9.17, 15) is 9.59 Å². The second-order valence-corrected chi connectivity index (χ2v) is 4.37. The number of nitrogens with zero attached hydrogens (tertiary/aromatic N) is 2. The summed E-state index contributed by atoms with van der Waals surface area (Å²) in [7, 11) is 1.57. The first kappa shape index (κ1) is 15.5. The van der Waals surface area contributed by atoms with Crippen molar-refractivity contribution in [3.63, 3.8) is 0 Å². The lowest BCUT2D eigenvalue weighted by Gasteiger charge is -2.22. The number of hydrogen-bond donors (Lipinski definition) is 2. The van der Waals surface area contributed by atoms with Crippen molar-refractivity contribution in [3.05, 3.63) is 29.8 Å². The maximum atomic E-state index is 12.0. The molecular formula is C14H17N3O3. The minimum atomic E-state index is -0.953. The number of rotatable bonds is 5. The Bertz CT molecular complexity index is 537. The van der Waals surface area contributed by atoms with E-state index in [0.29, 0.717) is 17.7 Å². The Kier molecular flexibility index (Phi) is 5.54. The van der Waals surface area contributed by atoms with E-state index < -0.39 is 18.0 Å². The molecule has 0 bridgehead atoms. The molecule has 0 fully saturated rings. The van der Waals surface area contributed by atoms with Crippen LogP contribution in [0.2, 0.25) is 0 Å². The van der Waals surface area contributed by atoms with Gasteiger partial charge in [-0.15, -0.1) is 0 Å². The van der Waals surface area contributed by atoms with Crippen LogP contribution in [0.4, 0.5) is 10.5 Å². The van der Waals surface area contributed by atoms with E-state index in [-0.39, 0.29) is 6.42 Å². The molecule has 0 aliphatic heterocycles. The van der Waals surface area contributed by atoms with Gasteiger partial charge in [0, 0.05) is 18.8 Å². The molecule has 2 amide bonds. The third kappa shape index (κ3) is 4.28. The molecule has 0 spiro atoms. The van der Waals surface area contributed by atoms with Crippen molar-refractivity contribution in [3.8, 4) is 6.07 Å². The van der Waals surface area contributed by atoms with Gasteiger partial charge < -0.3 is 10.4 Å². The molecule has 20 heavy (non-hydrogen) atoms. The Hall–Kier alpha value is -2.55. The van der Waals surface area contributed by atoms with Crippen LogP contribution in [0.5, 0.6) is 0 Å². The van der Waals surface area contributed by atoms with E-state index in [1.807, 2.05) is 13.0 Å². The molecule has 0 radical (unpaired) electrons. The normalized spacial score (nSPS) is 11.2. The van der Waals surface area contributed by atoms with Crippen LogP contribution in [-0.4, -0.2) is 30.2 Å². The molecular weight excluding hydrogens is 258 g/mol. The molecule has 0 aliphatic rings. The summed E-state index contributed by atoms with van der Waals surface area (Å²) < 4.78 is 0. The van der Waals surface area contributed by atoms with Crippen molar-refractivity contribution in [2.24, 2.45) is 0 Å². The summed E-state index contributed by atoms with van der Waals surface area (Å²) in [6.07, 6.45) is 0.415. The zero-order valence-electron chi connectivity index (χ0n) is 11.5. The van der Waals surface area contributed by atoms with E-state index in [1.54, 1.807) is 31.3 Å². The molecule has 2 N–H and O–H groups in total. The monoisotopic (exact) mass is 275 g/mol.